The van der Waals surface area contributed by atoms with Gasteiger partial charge < -0.3 is 11.1 Å². The number of sulfonamides is 1. The number of nitrogen functional groups attached to an aromatic ring is 1. The van der Waals surface area contributed by atoms with E-state index in [1.165, 1.54) is 7.05 Å². The fraction of sp³-hybridized carbons (Fsp3) is 0.0769. The average molecular weight is 277 g/mol. The van der Waals surface area contributed by atoms with E-state index in [2.05, 4.69) is 10.0 Å². The summed E-state index contributed by atoms with van der Waals surface area (Å²) in [6, 6.07) is 13.8. The van der Waals surface area contributed by atoms with E-state index in [4.69, 9.17) is 5.73 Å². The lowest BCUT2D eigenvalue weighted by atomic mass is 10.2. The zero-order chi connectivity index (χ0) is 13.9. The van der Waals surface area contributed by atoms with E-state index in [-0.39, 0.29) is 4.90 Å². The predicted octanol–water partition coefficient (Wildman–Crippen LogP) is 1.92. The molecule has 0 radical (unpaired) electrons. The van der Waals surface area contributed by atoms with Crippen molar-refractivity contribution in [1.29, 1.82) is 0 Å². The molecule has 0 fully saturated rings. The minimum Gasteiger partial charge on any atom is -0.399 e. The standard InChI is InChI=1S/C13H15N3O2S/c1-15-19(17,18)13-7-5-11(6-8-13)16-12-4-2-3-10(14)9-12/h2-9,15-16H,14H2,1H3. The molecule has 0 aliphatic carbocycles. The predicted molar refractivity (Wildman–Crippen MR) is 76.8 cm³/mol. The lowest BCUT2D eigenvalue weighted by molar-refractivity contribution is 0.588. The van der Waals surface area contributed by atoms with Crippen LogP contribution in [0.1, 0.15) is 0 Å². The SMILES string of the molecule is CNS(=O)(=O)c1ccc(Nc2cccc(N)c2)cc1. The Labute approximate surface area is 112 Å². The third-order valence-electron chi connectivity index (χ3n) is 2.61. The van der Waals surface area contributed by atoms with Crippen LogP contribution in [0.25, 0.3) is 0 Å². The van der Waals surface area contributed by atoms with Crippen LogP contribution in [0.3, 0.4) is 0 Å². The number of hydrogen-bond acceptors (Lipinski definition) is 4. The molecule has 0 heterocycles. The number of anilines is 3. The maximum absolute atomic E-state index is 11.6. The summed E-state index contributed by atoms with van der Waals surface area (Å²) in [7, 11) is -2.01. The van der Waals surface area contributed by atoms with Gasteiger partial charge in [0.1, 0.15) is 0 Å². The van der Waals surface area contributed by atoms with E-state index >= 15 is 0 Å². The molecule has 0 aliphatic heterocycles. The molecule has 2 rings (SSSR count). The van der Waals surface area contributed by atoms with E-state index < -0.39 is 10.0 Å². The highest BCUT2D eigenvalue weighted by Crippen LogP contribution is 2.20. The van der Waals surface area contributed by atoms with Gasteiger partial charge in [0.25, 0.3) is 0 Å². The van der Waals surface area contributed by atoms with E-state index in [1.807, 2.05) is 12.1 Å². The largest absolute Gasteiger partial charge is 0.399 e. The summed E-state index contributed by atoms with van der Waals surface area (Å²) in [6.07, 6.45) is 0. The molecule has 0 aliphatic rings. The minimum absolute atomic E-state index is 0.230. The molecule has 0 bridgehead atoms. The summed E-state index contributed by atoms with van der Waals surface area (Å²) in [5.74, 6) is 0. The van der Waals surface area contributed by atoms with Crippen LogP contribution < -0.4 is 15.8 Å². The maximum atomic E-state index is 11.6. The second kappa shape index (κ2) is 5.29. The molecule has 0 spiro atoms. The van der Waals surface area contributed by atoms with Crippen LogP contribution in [0.4, 0.5) is 17.1 Å². The van der Waals surface area contributed by atoms with Gasteiger partial charge in [-0.05, 0) is 49.5 Å². The van der Waals surface area contributed by atoms with E-state index in [0.29, 0.717) is 5.69 Å². The first kappa shape index (κ1) is 13.4. The van der Waals surface area contributed by atoms with Crippen molar-refractivity contribution < 1.29 is 8.42 Å². The number of rotatable bonds is 4. The first-order chi connectivity index (χ1) is 9.01. The topological polar surface area (TPSA) is 84.2 Å². The van der Waals surface area contributed by atoms with Gasteiger partial charge in [0, 0.05) is 17.1 Å². The molecule has 4 N–H and O–H groups in total. The zero-order valence-corrected chi connectivity index (χ0v) is 11.2. The van der Waals surface area contributed by atoms with Gasteiger partial charge >= 0.3 is 0 Å². The summed E-state index contributed by atoms with van der Waals surface area (Å²) in [4.78, 5) is 0.230. The lowest BCUT2D eigenvalue weighted by Crippen LogP contribution is -2.18. The third kappa shape index (κ3) is 3.24. The van der Waals surface area contributed by atoms with Gasteiger partial charge in [0.05, 0.1) is 4.90 Å². The molecule has 6 heteroatoms. The lowest BCUT2D eigenvalue weighted by Gasteiger charge is -2.08. The van der Waals surface area contributed by atoms with Gasteiger partial charge in [0.2, 0.25) is 10.0 Å². The monoisotopic (exact) mass is 277 g/mol. The van der Waals surface area contributed by atoms with Crippen molar-refractivity contribution >= 4 is 27.1 Å². The zero-order valence-electron chi connectivity index (χ0n) is 10.4. The van der Waals surface area contributed by atoms with E-state index in [1.54, 1.807) is 36.4 Å². The summed E-state index contributed by atoms with van der Waals surface area (Å²) < 4.78 is 25.4. The summed E-state index contributed by atoms with van der Waals surface area (Å²) in [6.45, 7) is 0. The molecule has 19 heavy (non-hydrogen) atoms. The molecular formula is C13H15N3O2S. The Hall–Kier alpha value is -2.05. The molecule has 100 valence electrons. The number of benzene rings is 2. The van der Waals surface area contributed by atoms with Crippen LogP contribution in [0.2, 0.25) is 0 Å². The van der Waals surface area contributed by atoms with Crippen molar-refractivity contribution in [2.24, 2.45) is 0 Å². The van der Waals surface area contributed by atoms with Crippen LogP contribution in [0.5, 0.6) is 0 Å². The molecule has 5 nitrogen and oxygen atoms in total. The quantitative estimate of drug-likeness (QED) is 0.745. The molecule has 0 atom stereocenters. The Balaban J connectivity index is 2.20. The Kier molecular flexibility index (Phi) is 3.73. The fourth-order valence-electron chi connectivity index (χ4n) is 1.62. The summed E-state index contributed by atoms with van der Waals surface area (Å²) in [5, 5.41) is 3.15. The molecule has 2 aromatic rings. The van der Waals surface area contributed by atoms with Crippen molar-refractivity contribution in [2.45, 2.75) is 4.90 Å². The number of hydrogen-bond donors (Lipinski definition) is 3. The molecule has 0 aromatic heterocycles. The van der Waals surface area contributed by atoms with Crippen LogP contribution in [-0.4, -0.2) is 15.5 Å². The van der Waals surface area contributed by atoms with Crippen LogP contribution in [-0.2, 0) is 10.0 Å². The van der Waals surface area contributed by atoms with Crippen molar-refractivity contribution in [1.82, 2.24) is 4.72 Å². The second-order valence-electron chi connectivity index (χ2n) is 3.98. The molecule has 0 unspecified atom stereocenters. The second-order valence-corrected chi connectivity index (χ2v) is 5.87. The van der Waals surface area contributed by atoms with Gasteiger partial charge in [-0.25, -0.2) is 13.1 Å². The van der Waals surface area contributed by atoms with E-state index in [9.17, 15) is 8.42 Å². The summed E-state index contributed by atoms with van der Waals surface area (Å²) in [5.41, 5.74) is 7.99. The third-order valence-corrected chi connectivity index (χ3v) is 4.04. The smallest absolute Gasteiger partial charge is 0.240 e. The first-order valence-corrected chi connectivity index (χ1v) is 7.16. The minimum atomic E-state index is -3.39. The van der Waals surface area contributed by atoms with E-state index in [0.717, 1.165) is 11.4 Å². The molecular weight excluding hydrogens is 262 g/mol. The van der Waals surface area contributed by atoms with Crippen molar-refractivity contribution in [3.8, 4) is 0 Å². The highest BCUT2D eigenvalue weighted by molar-refractivity contribution is 7.89. The van der Waals surface area contributed by atoms with Crippen molar-refractivity contribution in [3.05, 3.63) is 48.5 Å². The normalized spacial score (nSPS) is 11.2. The number of nitrogens with one attached hydrogen (secondary N) is 2. The van der Waals surface area contributed by atoms with Crippen LogP contribution in [0.15, 0.2) is 53.4 Å². The van der Waals surface area contributed by atoms with Crippen molar-refractivity contribution in [3.63, 3.8) is 0 Å². The molecule has 0 saturated carbocycles. The van der Waals surface area contributed by atoms with Gasteiger partial charge in [0.15, 0.2) is 0 Å². The number of nitrogens with two attached hydrogens (primary N) is 1. The van der Waals surface area contributed by atoms with Crippen LogP contribution >= 0.6 is 0 Å². The highest BCUT2D eigenvalue weighted by atomic mass is 32.2. The molecule has 0 saturated heterocycles. The molecule has 0 amide bonds. The molecule has 2 aromatic carbocycles. The van der Waals surface area contributed by atoms with Crippen LogP contribution in [0, 0.1) is 0 Å². The Morgan fingerprint density at radius 1 is 1.00 bits per heavy atom. The first-order valence-electron chi connectivity index (χ1n) is 5.67. The van der Waals surface area contributed by atoms with Crippen molar-refractivity contribution in [2.75, 3.05) is 18.1 Å². The Morgan fingerprint density at radius 2 is 1.68 bits per heavy atom. The highest BCUT2D eigenvalue weighted by Gasteiger charge is 2.10. The summed E-state index contributed by atoms with van der Waals surface area (Å²) >= 11 is 0. The fourth-order valence-corrected chi connectivity index (χ4v) is 2.35. The average Bonchev–Trinajstić information content (AvgIpc) is 2.39. The van der Waals surface area contributed by atoms with Gasteiger partial charge in [-0.1, -0.05) is 6.07 Å². The van der Waals surface area contributed by atoms with Gasteiger partial charge in [-0.15, -0.1) is 0 Å². The van der Waals surface area contributed by atoms with Gasteiger partial charge in [-0.2, -0.15) is 0 Å². The van der Waals surface area contributed by atoms with Gasteiger partial charge in [-0.3, -0.25) is 0 Å². The maximum Gasteiger partial charge on any atom is 0.240 e. The Morgan fingerprint density at radius 3 is 2.26 bits per heavy atom. The Bertz CT molecular complexity index is 667.